The third kappa shape index (κ3) is 4.62. The van der Waals surface area contributed by atoms with E-state index in [9.17, 15) is 0 Å². The fourth-order valence-corrected chi connectivity index (χ4v) is 3.57. The van der Waals surface area contributed by atoms with E-state index in [1.807, 2.05) is 0 Å². The summed E-state index contributed by atoms with van der Waals surface area (Å²) in [4.78, 5) is 2.45. The van der Waals surface area contributed by atoms with Crippen molar-refractivity contribution in [2.24, 2.45) is 11.8 Å². The Bertz CT molecular complexity index is 187. The molecule has 3 nitrogen and oxygen atoms in total. The lowest BCUT2D eigenvalue weighted by atomic mass is 9.99. The average molecular weight is 245 g/mol. The van der Waals surface area contributed by atoms with Gasteiger partial charge in [-0.1, -0.05) is 26.7 Å². The van der Waals surface area contributed by atoms with Crippen molar-refractivity contribution in [3.63, 3.8) is 0 Å². The number of likely N-dealkylation sites (N-methyl/N-ethyl adjacent to an activating group) is 1. The fraction of sp³-hybridized carbons (Fsp3) is 1.00. The monoisotopic (exact) mass is 245 g/mol. The maximum atomic E-state index is 5.70. The van der Waals surface area contributed by atoms with Gasteiger partial charge in [0.05, 0.1) is 0 Å². The van der Waals surface area contributed by atoms with Gasteiger partial charge in [0.25, 0.3) is 0 Å². The molecule has 1 aliphatic rings. The number of thioether (sulfide) groups is 1. The standard InChI is InChI=1S/C12H27N3S/c1-10(2)5-4-6-11(14-13)12-9-16-8-7-15(12)3/h10-12,14H,4-9,13H2,1-3H3. The van der Waals surface area contributed by atoms with Crippen molar-refractivity contribution in [1.82, 2.24) is 10.3 Å². The lowest BCUT2D eigenvalue weighted by molar-refractivity contribution is 0.205. The Morgan fingerprint density at radius 1 is 1.44 bits per heavy atom. The molecular formula is C12H27N3S. The summed E-state index contributed by atoms with van der Waals surface area (Å²) in [7, 11) is 2.22. The molecule has 0 amide bonds. The van der Waals surface area contributed by atoms with E-state index in [0.29, 0.717) is 12.1 Å². The second kappa shape index (κ2) is 7.54. The van der Waals surface area contributed by atoms with Gasteiger partial charge >= 0.3 is 0 Å². The highest BCUT2D eigenvalue weighted by Crippen LogP contribution is 2.20. The van der Waals surface area contributed by atoms with Gasteiger partial charge in [-0.05, 0) is 19.4 Å². The molecule has 1 rings (SSSR count). The molecule has 0 aromatic heterocycles. The highest BCUT2D eigenvalue weighted by atomic mass is 32.2. The fourth-order valence-electron chi connectivity index (χ4n) is 2.26. The third-order valence-corrected chi connectivity index (χ3v) is 4.47. The normalized spacial score (nSPS) is 24.9. The molecule has 2 unspecified atom stereocenters. The molecule has 1 saturated heterocycles. The molecule has 1 aliphatic heterocycles. The molecule has 4 heteroatoms. The number of hydrogen-bond acceptors (Lipinski definition) is 4. The van der Waals surface area contributed by atoms with Crippen molar-refractivity contribution < 1.29 is 0 Å². The first-order chi connectivity index (χ1) is 7.65. The molecule has 0 bridgehead atoms. The van der Waals surface area contributed by atoms with Gasteiger partial charge in [-0.3, -0.25) is 11.3 Å². The van der Waals surface area contributed by atoms with E-state index in [4.69, 9.17) is 5.84 Å². The Hall–Kier alpha value is 0.230. The van der Waals surface area contributed by atoms with Crippen molar-refractivity contribution in [1.29, 1.82) is 0 Å². The number of hydrogen-bond donors (Lipinski definition) is 2. The zero-order chi connectivity index (χ0) is 12.0. The topological polar surface area (TPSA) is 41.3 Å². The Balaban J connectivity index is 2.33. The molecule has 0 aliphatic carbocycles. The Morgan fingerprint density at radius 2 is 2.19 bits per heavy atom. The van der Waals surface area contributed by atoms with Gasteiger partial charge in [-0.25, -0.2) is 0 Å². The highest BCUT2D eigenvalue weighted by Gasteiger charge is 2.26. The van der Waals surface area contributed by atoms with Crippen molar-refractivity contribution in [3.8, 4) is 0 Å². The number of nitrogens with zero attached hydrogens (tertiary/aromatic N) is 1. The van der Waals surface area contributed by atoms with Crippen LogP contribution in [0.2, 0.25) is 0 Å². The van der Waals surface area contributed by atoms with E-state index in [1.165, 1.54) is 37.3 Å². The van der Waals surface area contributed by atoms with Gasteiger partial charge in [0, 0.05) is 30.1 Å². The summed E-state index contributed by atoms with van der Waals surface area (Å²) < 4.78 is 0. The van der Waals surface area contributed by atoms with Crippen LogP contribution in [-0.4, -0.2) is 42.1 Å². The summed E-state index contributed by atoms with van der Waals surface area (Å²) in [6.45, 7) is 5.76. The SMILES string of the molecule is CC(C)CCCC(NN)C1CSCCN1C. The second-order valence-corrected chi connectivity index (χ2v) is 6.37. The first-order valence-electron chi connectivity index (χ1n) is 6.39. The summed E-state index contributed by atoms with van der Waals surface area (Å²) in [5.74, 6) is 8.97. The second-order valence-electron chi connectivity index (χ2n) is 5.22. The molecule has 0 spiro atoms. The molecule has 16 heavy (non-hydrogen) atoms. The number of hydrazine groups is 1. The van der Waals surface area contributed by atoms with Crippen LogP contribution in [0.4, 0.5) is 0 Å². The molecule has 0 aromatic carbocycles. The minimum atomic E-state index is 0.455. The molecule has 3 N–H and O–H groups in total. The van der Waals surface area contributed by atoms with Gasteiger partial charge in [0.2, 0.25) is 0 Å². The number of nitrogens with one attached hydrogen (secondary N) is 1. The number of nitrogens with two attached hydrogens (primary N) is 1. The molecule has 1 fully saturated rings. The molecule has 0 saturated carbocycles. The smallest absolute Gasteiger partial charge is 0.0374 e. The van der Waals surface area contributed by atoms with Gasteiger partial charge in [0.1, 0.15) is 0 Å². The van der Waals surface area contributed by atoms with E-state index < -0.39 is 0 Å². The predicted molar refractivity (Wildman–Crippen MR) is 73.5 cm³/mol. The first-order valence-corrected chi connectivity index (χ1v) is 7.54. The van der Waals surface area contributed by atoms with Gasteiger partial charge in [-0.15, -0.1) is 0 Å². The molecule has 0 aromatic rings. The van der Waals surface area contributed by atoms with Gasteiger partial charge in [-0.2, -0.15) is 11.8 Å². The van der Waals surface area contributed by atoms with Crippen LogP contribution in [0, 0.1) is 5.92 Å². The third-order valence-electron chi connectivity index (χ3n) is 3.42. The van der Waals surface area contributed by atoms with Crippen LogP contribution in [-0.2, 0) is 0 Å². The summed E-state index contributed by atoms with van der Waals surface area (Å²) >= 11 is 2.05. The van der Waals surface area contributed by atoms with Crippen molar-refractivity contribution in [2.45, 2.75) is 45.2 Å². The van der Waals surface area contributed by atoms with E-state index in [2.05, 4.69) is 43.0 Å². The molecule has 1 heterocycles. The van der Waals surface area contributed by atoms with Crippen molar-refractivity contribution >= 4 is 11.8 Å². The Kier molecular flexibility index (Phi) is 6.73. The quantitative estimate of drug-likeness (QED) is 0.552. The Morgan fingerprint density at radius 3 is 2.75 bits per heavy atom. The summed E-state index contributed by atoms with van der Waals surface area (Å²) in [6, 6.07) is 1.06. The molecule has 96 valence electrons. The molecule has 0 radical (unpaired) electrons. The zero-order valence-electron chi connectivity index (χ0n) is 10.9. The van der Waals surface area contributed by atoms with Crippen LogP contribution in [0.15, 0.2) is 0 Å². The Labute approximate surface area is 104 Å². The van der Waals surface area contributed by atoms with E-state index in [-0.39, 0.29) is 0 Å². The average Bonchev–Trinajstić information content (AvgIpc) is 2.25. The maximum Gasteiger partial charge on any atom is 0.0374 e. The zero-order valence-corrected chi connectivity index (χ0v) is 11.7. The van der Waals surface area contributed by atoms with Gasteiger partial charge < -0.3 is 4.90 Å². The first kappa shape index (κ1) is 14.3. The molecular weight excluding hydrogens is 218 g/mol. The largest absolute Gasteiger partial charge is 0.300 e. The molecule has 2 atom stereocenters. The van der Waals surface area contributed by atoms with Crippen LogP contribution < -0.4 is 11.3 Å². The summed E-state index contributed by atoms with van der Waals surface area (Å²) in [6.07, 6.45) is 3.79. The lowest BCUT2D eigenvalue weighted by Gasteiger charge is -2.37. The van der Waals surface area contributed by atoms with Gasteiger partial charge in [0.15, 0.2) is 0 Å². The van der Waals surface area contributed by atoms with Crippen LogP contribution in [0.5, 0.6) is 0 Å². The van der Waals surface area contributed by atoms with Crippen LogP contribution in [0.25, 0.3) is 0 Å². The van der Waals surface area contributed by atoms with E-state index in [0.717, 1.165) is 5.92 Å². The van der Waals surface area contributed by atoms with E-state index in [1.54, 1.807) is 0 Å². The van der Waals surface area contributed by atoms with Crippen LogP contribution >= 0.6 is 11.8 Å². The van der Waals surface area contributed by atoms with Crippen molar-refractivity contribution in [2.75, 3.05) is 25.1 Å². The van der Waals surface area contributed by atoms with Crippen LogP contribution in [0.3, 0.4) is 0 Å². The summed E-state index contributed by atoms with van der Waals surface area (Å²) in [5.41, 5.74) is 3.02. The lowest BCUT2D eigenvalue weighted by Crippen LogP contribution is -2.54. The number of rotatable bonds is 6. The summed E-state index contributed by atoms with van der Waals surface area (Å²) in [5, 5.41) is 0. The highest BCUT2D eigenvalue weighted by molar-refractivity contribution is 7.99. The minimum absolute atomic E-state index is 0.455. The minimum Gasteiger partial charge on any atom is -0.300 e. The van der Waals surface area contributed by atoms with Crippen molar-refractivity contribution in [3.05, 3.63) is 0 Å². The predicted octanol–water partition coefficient (Wildman–Crippen LogP) is 1.69. The van der Waals surface area contributed by atoms with E-state index >= 15 is 0 Å². The maximum absolute atomic E-state index is 5.70. The van der Waals surface area contributed by atoms with Crippen LogP contribution in [0.1, 0.15) is 33.1 Å².